The van der Waals surface area contributed by atoms with Crippen molar-refractivity contribution in [3.63, 3.8) is 0 Å². The van der Waals surface area contributed by atoms with Crippen LogP contribution in [0.3, 0.4) is 0 Å². The third kappa shape index (κ3) is 4.43. The van der Waals surface area contributed by atoms with Crippen molar-refractivity contribution < 1.29 is 9.59 Å². The van der Waals surface area contributed by atoms with Crippen molar-refractivity contribution in [2.45, 2.75) is 19.8 Å². The Morgan fingerprint density at radius 2 is 1.92 bits per heavy atom. The lowest BCUT2D eigenvalue weighted by atomic mass is 10.1. The van der Waals surface area contributed by atoms with E-state index in [0.717, 1.165) is 22.0 Å². The Kier molecular flexibility index (Phi) is 5.58. The van der Waals surface area contributed by atoms with E-state index < -0.39 is 0 Å². The third-order valence-electron chi connectivity index (χ3n) is 4.18. The van der Waals surface area contributed by atoms with E-state index in [0.29, 0.717) is 23.7 Å². The summed E-state index contributed by atoms with van der Waals surface area (Å²) in [5.74, 6) is -0.644. The van der Waals surface area contributed by atoms with E-state index >= 15 is 0 Å². The van der Waals surface area contributed by atoms with Crippen molar-refractivity contribution in [3.05, 3.63) is 64.8 Å². The molecule has 0 spiro atoms. The SMILES string of the molecule is Cc1cc(Cl)ccc1NC(=O)CC(=O)NCCc1c[nH]c2ccccc12. The molecule has 0 radical (unpaired) electrons. The first-order chi connectivity index (χ1) is 12.5. The molecule has 2 amide bonds. The first-order valence-electron chi connectivity index (χ1n) is 8.40. The minimum absolute atomic E-state index is 0.212. The fraction of sp³-hybridized carbons (Fsp3) is 0.200. The molecule has 0 fully saturated rings. The highest BCUT2D eigenvalue weighted by Crippen LogP contribution is 2.20. The number of H-pyrrole nitrogens is 1. The van der Waals surface area contributed by atoms with E-state index in [9.17, 15) is 9.59 Å². The minimum atomic E-state index is -0.347. The van der Waals surface area contributed by atoms with Gasteiger partial charge in [-0.2, -0.15) is 0 Å². The number of benzene rings is 2. The lowest BCUT2D eigenvalue weighted by Crippen LogP contribution is -2.29. The lowest BCUT2D eigenvalue weighted by Gasteiger charge is -2.09. The number of para-hydroxylation sites is 1. The zero-order chi connectivity index (χ0) is 18.5. The molecule has 0 saturated carbocycles. The smallest absolute Gasteiger partial charge is 0.233 e. The monoisotopic (exact) mass is 369 g/mol. The summed E-state index contributed by atoms with van der Waals surface area (Å²) in [6.45, 7) is 2.33. The third-order valence-corrected chi connectivity index (χ3v) is 4.41. The lowest BCUT2D eigenvalue weighted by molar-refractivity contribution is -0.126. The molecule has 0 aliphatic carbocycles. The molecule has 3 N–H and O–H groups in total. The summed E-state index contributed by atoms with van der Waals surface area (Å²) in [4.78, 5) is 27.2. The number of aryl methyl sites for hydroxylation is 1. The van der Waals surface area contributed by atoms with Crippen LogP contribution in [0.25, 0.3) is 10.9 Å². The van der Waals surface area contributed by atoms with Crippen LogP contribution in [0.4, 0.5) is 5.69 Å². The minimum Gasteiger partial charge on any atom is -0.361 e. The number of amides is 2. The highest BCUT2D eigenvalue weighted by molar-refractivity contribution is 6.30. The number of carbonyl (C=O) groups excluding carboxylic acids is 2. The summed E-state index contributed by atoms with van der Waals surface area (Å²) in [5.41, 5.74) is 3.73. The Hall–Kier alpha value is -2.79. The van der Waals surface area contributed by atoms with Crippen molar-refractivity contribution in [1.29, 1.82) is 0 Å². The molecule has 1 heterocycles. The molecule has 0 saturated heterocycles. The van der Waals surface area contributed by atoms with E-state index in [1.165, 1.54) is 0 Å². The van der Waals surface area contributed by atoms with Gasteiger partial charge in [0.05, 0.1) is 0 Å². The second-order valence-corrected chi connectivity index (χ2v) is 6.58. The van der Waals surface area contributed by atoms with Crippen molar-refractivity contribution in [2.75, 3.05) is 11.9 Å². The molecule has 3 rings (SSSR count). The van der Waals surface area contributed by atoms with Gasteiger partial charge in [0.1, 0.15) is 6.42 Å². The van der Waals surface area contributed by atoms with Crippen LogP contribution in [0.1, 0.15) is 17.5 Å². The van der Waals surface area contributed by atoms with Gasteiger partial charge in [-0.3, -0.25) is 9.59 Å². The average Bonchev–Trinajstić information content (AvgIpc) is 3.01. The van der Waals surface area contributed by atoms with Crippen LogP contribution in [0.2, 0.25) is 5.02 Å². The Balaban J connectivity index is 1.47. The second-order valence-electron chi connectivity index (χ2n) is 6.14. The molecular formula is C20H20ClN3O2. The highest BCUT2D eigenvalue weighted by Gasteiger charge is 2.11. The van der Waals surface area contributed by atoms with Crippen molar-refractivity contribution in [1.82, 2.24) is 10.3 Å². The molecule has 5 nitrogen and oxygen atoms in total. The number of carbonyl (C=O) groups is 2. The number of nitrogens with one attached hydrogen (secondary N) is 3. The van der Waals surface area contributed by atoms with E-state index in [1.807, 2.05) is 37.4 Å². The molecule has 3 aromatic rings. The van der Waals surface area contributed by atoms with Gasteiger partial charge in [-0.25, -0.2) is 0 Å². The van der Waals surface area contributed by atoms with Gasteiger partial charge >= 0.3 is 0 Å². The zero-order valence-corrected chi connectivity index (χ0v) is 15.2. The van der Waals surface area contributed by atoms with Crippen molar-refractivity contribution in [2.24, 2.45) is 0 Å². The molecule has 2 aromatic carbocycles. The molecular weight excluding hydrogens is 350 g/mol. The van der Waals surface area contributed by atoms with Gasteiger partial charge in [-0.05, 0) is 48.7 Å². The Morgan fingerprint density at radius 3 is 2.73 bits per heavy atom. The van der Waals surface area contributed by atoms with Crippen LogP contribution in [0, 0.1) is 6.92 Å². The molecule has 0 unspecified atom stereocenters. The summed E-state index contributed by atoms with van der Waals surface area (Å²) >= 11 is 5.89. The number of rotatable bonds is 6. The van der Waals surface area contributed by atoms with E-state index in [-0.39, 0.29) is 18.2 Å². The van der Waals surface area contributed by atoms with Crippen LogP contribution < -0.4 is 10.6 Å². The topological polar surface area (TPSA) is 74.0 Å². The molecule has 26 heavy (non-hydrogen) atoms. The quantitative estimate of drug-likeness (QED) is 0.578. The normalized spacial score (nSPS) is 10.7. The van der Waals surface area contributed by atoms with E-state index in [1.54, 1.807) is 18.2 Å². The molecule has 0 aliphatic heterocycles. The summed E-state index contributed by atoms with van der Waals surface area (Å²) in [6, 6.07) is 13.2. The molecule has 0 aliphatic rings. The highest BCUT2D eigenvalue weighted by atomic mass is 35.5. The number of halogens is 1. The number of hydrogen-bond donors (Lipinski definition) is 3. The number of hydrogen-bond acceptors (Lipinski definition) is 2. The summed E-state index contributed by atoms with van der Waals surface area (Å²) in [7, 11) is 0. The zero-order valence-electron chi connectivity index (χ0n) is 14.4. The van der Waals surface area contributed by atoms with Gasteiger partial charge in [-0.15, -0.1) is 0 Å². The maximum absolute atomic E-state index is 12.0. The number of fused-ring (bicyclic) bond motifs is 1. The first kappa shape index (κ1) is 18.0. The number of anilines is 1. The Bertz CT molecular complexity index is 949. The van der Waals surface area contributed by atoms with Gasteiger partial charge in [0.25, 0.3) is 0 Å². The maximum Gasteiger partial charge on any atom is 0.233 e. The molecule has 134 valence electrons. The molecule has 1 aromatic heterocycles. The van der Waals surface area contributed by atoms with Crippen molar-refractivity contribution in [3.8, 4) is 0 Å². The van der Waals surface area contributed by atoms with Gasteiger partial charge in [0, 0.05) is 34.4 Å². The summed E-state index contributed by atoms with van der Waals surface area (Å²) in [5, 5.41) is 7.28. The van der Waals surface area contributed by atoms with Crippen molar-refractivity contribution >= 4 is 40.0 Å². The van der Waals surface area contributed by atoms with Crippen LogP contribution in [-0.4, -0.2) is 23.3 Å². The van der Waals surface area contributed by atoms with Gasteiger partial charge in [0.15, 0.2) is 0 Å². The predicted molar refractivity (Wildman–Crippen MR) is 104 cm³/mol. The van der Waals surface area contributed by atoms with Gasteiger partial charge < -0.3 is 15.6 Å². The molecule has 0 bridgehead atoms. The first-order valence-corrected chi connectivity index (χ1v) is 8.78. The molecule has 0 atom stereocenters. The summed E-state index contributed by atoms with van der Waals surface area (Å²) in [6.07, 6.45) is 2.44. The van der Waals surface area contributed by atoms with E-state index in [2.05, 4.69) is 15.6 Å². The fourth-order valence-corrected chi connectivity index (χ4v) is 3.07. The molecule has 6 heteroatoms. The maximum atomic E-state index is 12.0. The second kappa shape index (κ2) is 8.06. The van der Waals surface area contributed by atoms with Crippen LogP contribution >= 0.6 is 11.6 Å². The predicted octanol–water partition coefficient (Wildman–Crippen LogP) is 3.82. The Morgan fingerprint density at radius 1 is 1.12 bits per heavy atom. The number of aromatic amines is 1. The van der Waals surface area contributed by atoms with Crippen LogP contribution in [0.15, 0.2) is 48.7 Å². The number of aromatic nitrogens is 1. The largest absolute Gasteiger partial charge is 0.361 e. The summed E-state index contributed by atoms with van der Waals surface area (Å²) < 4.78 is 0. The average molecular weight is 370 g/mol. The van der Waals surface area contributed by atoms with Crippen LogP contribution in [0.5, 0.6) is 0 Å². The Labute approximate surface area is 156 Å². The van der Waals surface area contributed by atoms with Crippen LogP contribution in [-0.2, 0) is 16.0 Å². The fourth-order valence-electron chi connectivity index (χ4n) is 2.85. The van der Waals surface area contributed by atoms with E-state index in [4.69, 9.17) is 11.6 Å². The standard InChI is InChI=1S/C20H20ClN3O2/c1-13-10-15(21)6-7-17(13)24-20(26)11-19(25)22-9-8-14-12-23-18-5-3-2-4-16(14)18/h2-7,10,12,23H,8-9,11H2,1H3,(H,22,25)(H,24,26). The van der Waals surface area contributed by atoms with Gasteiger partial charge in [0.2, 0.25) is 11.8 Å². The van der Waals surface area contributed by atoms with Gasteiger partial charge in [-0.1, -0.05) is 29.8 Å².